The summed E-state index contributed by atoms with van der Waals surface area (Å²) < 4.78 is 0. The lowest BCUT2D eigenvalue weighted by molar-refractivity contribution is 0.917. The van der Waals surface area contributed by atoms with E-state index in [0.717, 1.165) is 16.6 Å². The number of hydrogen-bond acceptors (Lipinski definition) is 4. The van der Waals surface area contributed by atoms with Crippen molar-refractivity contribution in [1.29, 1.82) is 0 Å². The lowest BCUT2D eigenvalue weighted by atomic mass is 10.2. The van der Waals surface area contributed by atoms with Crippen LogP contribution < -0.4 is 5.32 Å². The molecule has 0 amide bonds. The van der Waals surface area contributed by atoms with Crippen molar-refractivity contribution in [3.63, 3.8) is 0 Å². The minimum Gasteiger partial charge on any atom is -0.351 e. The molecule has 2 heterocycles. The average Bonchev–Trinajstić information content (AvgIpc) is 2.85. The van der Waals surface area contributed by atoms with Gasteiger partial charge in [-0.25, -0.2) is 9.97 Å². The Kier molecular flexibility index (Phi) is 2.11. The molecule has 1 fully saturated rings. The first kappa shape index (κ1) is 10.1. The van der Waals surface area contributed by atoms with Crippen molar-refractivity contribution >= 4 is 39.1 Å². The Morgan fingerprint density at radius 1 is 1.24 bits per heavy atom. The molecule has 1 N–H and O–H groups in total. The van der Waals surface area contributed by atoms with E-state index in [-0.39, 0.29) is 0 Å². The van der Waals surface area contributed by atoms with Gasteiger partial charge in [0.15, 0.2) is 0 Å². The van der Waals surface area contributed by atoms with Gasteiger partial charge in [0.2, 0.25) is 5.95 Å². The molecule has 2 aliphatic carbocycles. The number of aryl methyl sites for hydroxylation is 2. The smallest absolute Gasteiger partial charge is 0.225 e. The summed E-state index contributed by atoms with van der Waals surface area (Å²) in [6.07, 6.45) is 6.00. The van der Waals surface area contributed by atoms with Crippen LogP contribution in [-0.2, 0) is 12.8 Å². The fourth-order valence-corrected chi connectivity index (χ4v) is 4.03. The van der Waals surface area contributed by atoms with Gasteiger partial charge in [0.05, 0.1) is 5.39 Å². The molecule has 0 radical (unpaired) electrons. The van der Waals surface area contributed by atoms with Crippen LogP contribution in [0.3, 0.4) is 0 Å². The van der Waals surface area contributed by atoms with Crippen molar-refractivity contribution in [3.8, 4) is 0 Å². The highest BCUT2D eigenvalue weighted by molar-refractivity contribution is 7.19. The molecule has 0 spiro atoms. The van der Waals surface area contributed by atoms with E-state index in [2.05, 4.69) is 15.3 Å². The Morgan fingerprint density at radius 3 is 2.94 bits per heavy atom. The predicted molar refractivity (Wildman–Crippen MR) is 71.1 cm³/mol. The van der Waals surface area contributed by atoms with Gasteiger partial charge in [-0.1, -0.05) is 11.6 Å². The molecule has 3 nitrogen and oxygen atoms in total. The van der Waals surface area contributed by atoms with Crippen LogP contribution in [0.4, 0.5) is 5.95 Å². The van der Waals surface area contributed by atoms with E-state index in [1.54, 1.807) is 11.3 Å². The third kappa shape index (κ3) is 1.62. The topological polar surface area (TPSA) is 37.8 Å². The second kappa shape index (κ2) is 3.56. The van der Waals surface area contributed by atoms with Gasteiger partial charge in [-0.3, -0.25) is 0 Å². The summed E-state index contributed by atoms with van der Waals surface area (Å²) in [5, 5.41) is 5.04. The van der Waals surface area contributed by atoms with Gasteiger partial charge < -0.3 is 5.32 Å². The molecular formula is C12H12ClN3S. The monoisotopic (exact) mass is 265 g/mol. The molecule has 0 bridgehead atoms. The Hall–Kier alpha value is -0.870. The minimum absolute atomic E-state index is 0.565. The highest BCUT2D eigenvalue weighted by Crippen LogP contribution is 2.40. The number of nitrogens with zero attached hydrogens (tertiary/aromatic N) is 2. The molecule has 0 saturated heterocycles. The standard InChI is InChI=1S/C12H12ClN3S/c13-10-9-7-2-1-3-8(7)17-11(9)16-12(15-10)14-6-4-5-6/h6H,1-5H2,(H,14,15,16). The average molecular weight is 266 g/mol. The molecule has 88 valence electrons. The molecule has 0 unspecified atom stereocenters. The van der Waals surface area contributed by atoms with E-state index in [9.17, 15) is 0 Å². The summed E-state index contributed by atoms with van der Waals surface area (Å²) in [6.45, 7) is 0. The Labute approximate surface area is 108 Å². The van der Waals surface area contributed by atoms with Gasteiger partial charge in [-0.15, -0.1) is 11.3 Å². The van der Waals surface area contributed by atoms with Gasteiger partial charge in [0.1, 0.15) is 9.98 Å². The quantitative estimate of drug-likeness (QED) is 0.846. The number of halogens is 1. The molecular weight excluding hydrogens is 254 g/mol. The third-order valence-corrected chi connectivity index (χ3v) is 4.89. The highest BCUT2D eigenvalue weighted by atomic mass is 35.5. The zero-order valence-electron chi connectivity index (χ0n) is 9.29. The molecule has 2 aliphatic rings. The first-order valence-electron chi connectivity index (χ1n) is 6.05. The fourth-order valence-electron chi connectivity index (χ4n) is 2.43. The summed E-state index contributed by atoms with van der Waals surface area (Å²) in [6, 6.07) is 0.565. The maximum Gasteiger partial charge on any atom is 0.225 e. The maximum absolute atomic E-state index is 6.31. The van der Waals surface area contributed by atoms with Crippen LogP contribution in [0.25, 0.3) is 10.2 Å². The first-order valence-corrected chi connectivity index (χ1v) is 7.25. The van der Waals surface area contributed by atoms with Gasteiger partial charge in [0, 0.05) is 10.9 Å². The van der Waals surface area contributed by atoms with E-state index in [0.29, 0.717) is 17.1 Å². The molecule has 1 saturated carbocycles. The number of hydrogen-bond donors (Lipinski definition) is 1. The number of thiophene rings is 1. The van der Waals surface area contributed by atoms with Crippen molar-refractivity contribution in [2.75, 3.05) is 5.32 Å². The van der Waals surface area contributed by atoms with E-state index in [1.807, 2.05) is 0 Å². The van der Waals surface area contributed by atoms with Crippen molar-refractivity contribution < 1.29 is 0 Å². The fraction of sp³-hybridized carbons (Fsp3) is 0.500. The van der Waals surface area contributed by atoms with Gasteiger partial charge in [-0.05, 0) is 37.7 Å². The van der Waals surface area contributed by atoms with Crippen LogP contribution in [0.5, 0.6) is 0 Å². The normalized spacial score (nSPS) is 18.6. The summed E-state index contributed by atoms with van der Waals surface area (Å²) in [4.78, 5) is 11.5. The largest absolute Gasteiger partial charge is 0.351 e. The van der Waals surface area contributed by atoms with Crippen LogP contribution in [0.15, 0.2) is 0 Å². The number of anilines is 1. The predicted octanol–water partition coefficient (Wildman–Crippen LogP) is 3.41. The van der Waals surface area contributed by atoms with Crippen LogP contribution in [0.1, 0.15) is 29.7 Å². The zero-order valence-corrected chi connectivity index (χ0v) is 10.9. The molecule has 0 atom stereocenters. The Bertz CT molecular complexity index is 603. The second-order valence-electron chi connectivity index (χ2n) is 4.79. The minimum atomic E-state index is 0.565. The van der Waals surface area contributed by atoms with Crippen molar-refractivity contribution in [2.24, 2.45) is 0 Å². The van der Waals surface area contributed by atoms with E-state index >= 15 is 0 Å². The first-order chi connectivity index (χ1) is 8.31. The van der Waals surface area contributed by atoms with Crippen molar-refractivity contribution in [2.45, 2.75) is 38.1 Å². The van der Waals surface area contributed by atoms with Crippen LogP contribution >= 0.6 is 22.9 Å². The number of nitrogens with one attached hydrogen (secondary N) is 1. The van der Waals surface area contributed by atoms with Crippen LogP contribution in [0, 0.1) is 0 Å². The van der Waals surface area contributed by atoms with Crippen molar-refractivity contribution in [3.05, 3.63) is 15.6 Å². The third-order valence-electron chi connectivity index (χ3n) is 3.43. The molecule has 0 aromatic carbocycles. The summed E-state index contributed by atoms with van der Waals surface area (Å²) in [5.41, 5.74) is 1.40. The number of fused-ring (bicyclic) bond motifs is 3. The van der Waals surface area contributed by atoms with E-state index < -0.39 is 0 Å². The molecule has 2 aromatic heterocycles. The van der Waals surface area contributed by atoms with Crippen molar-refractivity contribution in [1.82, 2.24) is 9.97 Å². The lowest BCUT2D eigenvalue weighted by Crippen LogP contribution is -2.05. The Morgan fingerprint density at radius 2 is 2.12 bits per heavy atom. The van der Waals surface area contributed by atoms with Gasteiger partial charge in [0.25, 0.3) is 0 Å². The van der Waals surface area contributed by atoms with E-state index in [4.69, 9.17) is 11.6 Å². The molecule has 17 heavy (non-hydrogen) atoms. The van der Waals surface area contributed by atoms with Gasteiger partial charge in [-0.2, -0.15) is 0 Å². The maximum atomic E-state index is 6.31. The SMILES string of the molecule is Clc1nc(NC2CC2)nc2sc3c(c12)CCC3. The lowest BCUT2D eigenvalue weighted by Gasteiger charge is -2.03. The molecule has 4 rings (SSSR count). The summed E-state index contributed by atoms with van der Waals surface area (Å²) in [5.74, 6) is 0.699. The van der Waals surface area contributed by atoms with Crippen LogP contribution in [0.2, 0.25) is 5.15 Å². The summed E-state index contributed by atoms with van der Waals surface area (Å²) in [7, 11) is 0. The zero-order chi connectivity index (χ0) is 11.4. The van der Waals surface area contributed by atoms with E-state index in [1.165, 1.54) is 36.1 Å². The molecule has 5 heteroatoms. The Balaban J connectivity index is 1.87. The summed E-state index contributed by atoms with van der Waals surface area (Å²) >= 11 is 8.09. The molecule has 0 aliphatic heterocycles. The second-order valence-corrected chi connectivity index (χ2v) is 6.24. The van der Waals surface area contributed by atoms with Crippen LogP contribution in [-0.4, -0.2) is 16.0 Å². The highest BCUT2D eigenvalue weighted by Gasteiger charge is 2.25. The number of rotatable bonds is 2. The number of aromatic nitrogens is 2. The van der Waals surface area contributed by atoms with Gasteiger partial charge >= 0.3 is 0 Å². The molecule has 2 aromatic rings.